The zero-order valence-electron chi connectivity index (χ0n) is 13.4. The van der Waals surface area contributed by atoms with Crippen LogP contribution in [0.5, 0.6) is 0 Å². The van der Waals surface area contributed by atoms with Crippen LogP contribution in [0.1, 0.15) is 83.4 Å². The van der Waals surface area contributed by atoms with Gasteiger partial charge in [0.05, 0.1) is 6.04 Å². The van der Waals surface area contributed by atoms with Crippen molar-refractivity contribution in [3.63, 3.8) is 0 Å². The zero-order valence-corrected chi connectivity index (χ0v) is 13.4. The Balaban J connectivity index is 1.72. The quantitative estimate of drug-likeness (QED) is 0.701. The molecule has 2 atom stereocenters. The lowest BCUT2D eigenvalue weighted by atomic mass is 10.1. The zero-order chi connectivity index (χ0) is 14.4. The molecule has 114 valence electrons. The van der Waals surface area contributed by atoms with Gasteiger partial charge < -0.3 is 9.88 Å². The van der Waals surface area contributed by atoms with E-state index in [1.807, 2.05) is 0 Å². The van der Waals surface area contributed by atoms with Crippen molar-refractivity contribution in [1.29, 1.82) is 0 Å². The average molecular weight is 278 g/mol. The molecule has 1 N–H and O–H groups in total. The van der Waals surface area contributed by atoms with E-state index in [-0.39, 0.29) is 0 Å². The first-order chi connectivity index (χ1) is 9.72. The highest BCUT2D eigenvalue weighted by atomic mass is 15.3. The van der Waals surface area contributed by atoms with E-state index in [9.17, 15) is 0 Å². The molecule has 20 heavy (non-hydrogen) atoms. The fourth-order valence-corrected chi connectivity index (χ4v) is 3.13. The lowest BCUT2D eigenvalue weighted by Gasteiger charge is -2.19. The summed E-state index contributed by atoms with van der Waals surface area (Å²) in [5.41, 5.74) is 0. The van der Waals surface area contributed by atoms with Gasteiger partial charge in [-0.25, -0.2) is 0 Å². The summed E-state index contributed by atoms with van der Waals surface area (Å²) in [5.74, 6) is 2.29. The van der Waals surface area contributed by atoms with Gasteiger partial charge in [0.15, 0.2) is 0 Å². The van der Waals surface area contributed by atoms with Crippen LogP contribution in [0.15, 0.2) is 0 Å². The van der Waals surface area contributed by atoms with Crippen molar-refractivity contribution < 1.29 is 0 Å². The van der Waals surface area contributed by atoms with Crippen LogP contribution in [0.2, 0.25) is 0 Å². The van der Waals surface area contributed by atoms with Gasteiger partial charge in [0.25, 0.3) is 0 Å². The van der Waals surface area contributed by atoms with Crippen LogP contribution in [0.4, 0.5) is 0 Å². The highest BCUT2D eigenvalue weighted by Crippen LogP contribution is 2.19. The normalized spacial score (nSPS) is 17.1. The molecule has 0 aromatic carbocycles. The fraction of sp³-hybridized carbons (Fsp3) is 0.875. The topological polar surface area (TPSA) is 42.7 Å². The lowest BCUT2D eigenvalue weighted by Crippen LogP contribution is -2.30. The van der Waals surface area contributed by atoms with Gasteiger partial charge in [-0.05, 0) is 26.7 Å². The van der Waals surface area contributed by atoms with Gasteiger partial charge in [-0.15, -0.1) is 10.2 Å². The molecule has 0 saturated carbocycles. The molecule has 0 fully saturated rings. The summed E-state index contributed by atoms with van der Waals surface area (Å²) >= 11 is 0. The van der Waals surface area contributed by atoms with E-state index in [2.05, 4.69) is 40.9 Å². The summed E-state index contributed by atoms with van der Waals surface area (Å²) in [7, 11) is 0. The predicted octanol–water partition coefficient (Wildman–Crippen LogP) is 3.62. The fourth-order valence-electron chi connectivity index (χ4n) is 3.13. The number of hydrogen-bond acceptors (Lipinski definition) is 3. The minimum absolute atomic E-state index is 0.306. The second-order valence-electron chi connectivity index (χ2n) is 6.22. The number of nitrogens with one attached hydrogen (secondary N) is 1. The van der Waals surface area contributed by atoms with Crippen LogP contribution < -0.4 is 5.32 Å². The number of aromatic nitrogens is 3. The average Bonchev–Trinajstić information content (AvgIpc) is 3.00. The smallest absolute Gasteiger partial charge is 0.149 e. The van der Waals surface area contributed by atoms with Crippen molar-refractivity contribution in [2.75, 3.05) is 0 Å². The summed E-state index contributed by atoms with van der Waals surface area (Å²) in [6.45, 7) is 7.86. The van der Waals surface area contributed by atoms with Crippen LogP contribution in [-0.2, 0) is 13.0 Å². The van der Waals surface area contributed by atoms with Gasteiger partial charge in [0, 0.05) is 19.0 Å². The third-order valence-electron chi connectivity index (χ3n) is 4.30. The number of hydrogen-bond donors (Lipinski definition) is 1. The van der Waals surface area contributed by atoms with Crippen molar-refractivity contribution >= 4 is 0 Å². The molecule has 2 unspecified atom stereocenters. The first-order valence-electron chi connectivity index (χ1n) is 8.40. The van der Waals surface area contributed by atoms with E-state index >= 15 is 0 Å². The Kier molecular flexibility index (Phi) is 6.02. The van der Waals surface area contributed by atoms with Crippen molar-refractivity contribution in [3.05, 3.63) is 11.6 Å². The maximum atomic E-state index is 4.36. The molecule has 0 bridgehead atoms. The molecule has 1 aromatic rings. The highest BCUT2D eigenvalue weighted by Gasteiger charge is 2.21. The molecule has 0 radical (unpaired) electrons. The van der Waals surface area contributed by atoms with E-state index in [1.54, 1.807) is 0 Å². The lowest BCUT2D eigenvalue weighted by molar-refractivity contribution is 0.417. The Morgan fingerprint density at radius 3 is 2.75 bits per heavy atom. The van der Waals surface area contributed by atoms with Gasteiger partial charge in [-0.3, -0.25) is 0 Å². The minimum atomic E-state index is 0.306. The minimum Gasteiger partial charge on any atom is -0.314 e. The molecule has 2 heterocycles. The molecule has 4 nitrogen and oxygen atoms in total. The monoisotopic (exact) mass is 278 g/mol. The summed E-state index contributed by atoms with van der Waals surface area (Å²) in [6.07, 6.45) is 10.4. The molecule has 2 rings (SSSR count). The third kappa shape index (κ3) is 4.05. The molecule has 1 aliphatic rings. The van der Waals surface area contributed by atoms with Crippen molar-refractivity contribution in [1.82, 2.24) is 20.1 Å². The maximum Gasteiger partial charge on any atom is 0.149 e. The largest absolute Gasteiger partial charge is 0.314 e. The van der Waals surface area contributed by atoms with E-state index < -0.39 is 0 Å². The van der Waals surface area contributed by atoms with Gasteiger partial charge in [0.1, 0.15) is 11.6 Å². The van der Waals surface area contributed by atoms with Crippen LogP contribution >= 0.6 is 0 Å². The molecule has 4 heteroatoms. The SMILES string of the molecule is CCCCCCCC(C)NC(C)c1nnc2n1CCC2. The maximum absolute atomic E-state index is 4.36. The Morgan fingerprint density at radius 1 is 1.15 bits per heavy atom. The summed E-state index contributed by atoms with van der Waals surface area (Å²) in [5, 5.41) is 12.3. The highest BCUT2D eigenvalue weighted by molar-refractivity contribution is 5.04. The van der Waals surface area contributed by atoms with E-state index in [0.717, 1.165) is 18.8 Å². The van der Waals surface area contributed by atoms with Gasteiger partial charge in [-0.2, -0.15) is 0 Å². The van der Waals surface area contributed by atoms with Crippen LogP contribution in [0, 0.1) is 0 Å². The summed E-state index contributed by atoms with van der Waals surface area (Å²) in [4.78, 5) is 0. The Hall–Kier alpha value is -0.900. The first-order valence-corrected chi connectivity index (χ1v) is 8.40. The number of aryl methyl sites for hydroxylation is 1. The Morgan fingerprint density at radius 2 is 1.95 bits per heavy atom. The van der Waals surface area contributed by atoms with Crippen molar-refractivity contribution in [2.45, 2.75) is 90.8 Å². The standard InChI is InChI=1S/C16H30N4/c1-4-5-6-7-8-10-13(2)17-14(3)16-19-18-15-11-9-12-20(15)16/h13-14,17H,4-12H2,1-3H3. The van der Waals surface area contributed by atoms with Crippen LogP contribution in [-0.4, -0.2) is 20.8 Å². The number of unbranched alkanes of at least 4 members (excludes halogenated alkanes) is 4. The second-order valence-corrected chi connectivity index (χ2v) is 6.22. The number of nitrogens with zero attached hydrogens (tertiary/aromatic N) is 3. The predicted molar refractivity (Wildman–Crippen MR) is 82.7 cm³/mol. The van der Waals surface area contributed by atoms with Crippen molar-refractivity contribution in [2.24, 2.45) is 0 Å². The Labute approximate surface area is 123 Å². The molecule has 0 saturated heterocycles. The van der Waals surface area contributed by atoms with Gasteiger partial charge >= 0.3 is 0 Å². The molecule has 0 spiro atoms. The molecular formula is C16H30N4. The summed E-state index contributed by atoms with van der Waals surface area (Å²) < 4.78 is 2.30. The Bertz CT molecular complexity index is 399. The van der Waals surface area contributed by atoms with Crippen LogP contribution in [0.3, 0.4) is 0 Å². The number of rotatable bonds is 9. The molecule has 1 aromatic heterocycles. The van der Waals surface area contributed by atoms with E-state index in [0.29, 0.717) is 12.1 Å². The molecule has 0 amide bonds. The van der Waals surface area contributed by atoms with Crippen LogP contribution in [0.25, 0.3) is 0 Å². The van der Waals surface area contributed by atoms with Gasteiger partial charge in [-0.1, -0.05) is 39.0 Å². The molecule has 1 aliphatic heterocycles. The molecule has 0 aliphatic carbocycles. The molecular weight excluding hydrogens is 248 g/mol. The van der Waals surface area contributed by atoms with Crippen molar-refractivity contribution in [3.8, 4) is 0 Å². The van der Waals surface area contributed by atoms with E-state index in [1.165, 1.54) is 50.8 Å². The first kappa shape index (κ1) is 15.5. The van der Waals surface area contributed by atoms with E-state index in [4.69, 9.17) is 0 Å². The van der Waals surface area contributed by atoms with Gasteiger partial charge in [0.2, 0.25) is 0 Å². The third-order valence-corrected chi connectivity index (χ3v) is 4.30. The number of fused-ring (bicyclic) bond motifs is 1. The second kappa shape index (κ2) is 7.77. The summed E-state index contributed by atoms with van der Waals surface area (Å²) in [6, 6.07) is 0.862.